The van der Waals surface area contributed by atoms with Crippen molar-refractivity contribution in [3.05, 3.63) is 0 Å². The van der Waals surface area contributed by atoms with Gasteiger partial charge in [0.15, 0.2) is 0 Å². The van der Waals surface area contributed by atoms with Crippen LogP contribution in [0, 0.1) is 5.41 Å². The van der Waals surface area contributed by atoms with Crippen LogP contribution in [0.15, 0.2) is 0 Å². The molecule has 0 aromatic carbocycles. The highest BCUT2D eigenvalue weighted by Crippen LogP contribution is 2.38. The molecule has 4 heteroatoms. The molecule has 2 heterocycles. The monoisotopic (exact) mass is 273 g/mol. The second kappa shape index (κ2) is 6.12. The number of methoxy groups -OCH3 is 1. The normalized spacial score (nSPS) is 33.8. The quantitative estimate of drug-likeness (QED) is 0.851. The Morgan fingerprint density at radius 2 is 2.33 bits per heavy atom. The Labute approximate surface area is 115 Å². The predicted molar refractivity (Wildman–Crippen MR) is 77.3 cm³/mol. The van der Waals surface area contributed by atoms with Crippen molar-refractivity contribution in [2.24, 2.45) is 5.41 Å². The van der Waals surface area contributed by atoms with Gasteiger partial charge in [-0.2, -0.15) is 11.8 Å². The van der Waals surface area contributed by atoms with E-state index >= 15 is 0 Å². The summed E-state index contributed by atoms with van der Waals surface area (Å²) in [6.45, 7) is 7.24. The van der Waals surface area contributed by atoms with Crippen LogP contribution in [0.25, 0.3) is 0 Å². The first-order chi connectivity index (χ1) is 8.58. The Bertz CT molecular complexity index is 256. The van der Waals surface area contributed by atoms with E-state index in [1.807, 2.05) is 11.8 Å². The van der Waals surface area contributed by atoms with Gasteiger partial charge in [-0.15, -0.1) is 0 Å². The van der Waals surface area contributed by atoms with E-state index < -0.39 is 0 Å². The zero-order chi connectivity index (χ0) is 13.1. The highest BCUT2D eigenvalue weighted by atomic mass is 32.2. The van der Waals surface area contributed by atoms with Crippen molar-refractivity contribution in [2.75, 3.05) is 38.4 Å². The molecule has 18 heavy (non-hydrogen) atoms. The van der Waals surface area contributed by atoms with Crippen molar-refractivity contribution in [1.29, 1.82) is 0 Å². The molecule has 0 aliphatic carbocycles. The van der Waals surface area contributed by atoms with Crippen LogP contribution >= 0.6 is 11.8 Å². The Kier molecular flexibility index (Phi) is 4.98. The second-order valence-corrected chi connectivity index (χ2v) is 7.48. The summed E-state index contributed by atoms with van der Waals surface area (Å²) in [6.07, 6.45) is 3.62. The topological polar surface area (TPSA) is 30.5 Å². The molecule has 2 unspecified atom stereocenters. The molecule has 0 aromatic rings. The molecule has 2 saturated heterocycles. The van der Waals surface area contributed by atoms with E-state index in [1.54, 1.807) is 7.11 Å². The smallest absolute Gasteiger partial charge is 0.0925 e. The standard InChI is InChI=1S/C14H27NO2S/c1-13(2,10-16-3)9-12-14(17-7-6-15-12)5-4-8-18-11-14/h12,15H,4-11H2,1-3H3. The molecule has 2 aliphatic heterocycles. The van der Waals surface area contributed by atoms with E-state index in [-0.39, 0.29) is 11.0 Å². The van der Waals surface area contributed by atoms with Crippen molar-refractivity contribution in [1.82, 2.24) is 5.32 Å². The third-order valence-electron chi connectivity index (χ3n) is 4.04. The lowest BCUT2D eigenvalue weighted by atomic mass is 9.78. The van der Waals surface area contributed by atoms with Crippen LogP contribution in [0.3, 0.4) is 0 Å². The van der Waals surface area contributed by atoms with Crippen LogP contribution in [-0.4, -0.2) is 50.0 Å². The zero-order valence-electron chi connectivity index (χ0n) is 12.0. The molecule has 0 saturated carbocycles. The van der Waals surface area contributed by atoms with E-state index in [0.29, 0.717) is 6.04 Å². The van der Waals surface area contributed by atoms with Crippen molar-refractivity contribution < 1.29 is 9.47 Å². The molecular weight excluding hydrogens is 246 g/mol. The van der Waals surface area contributed by atoms with Gasteiger partial charge in [-0.3, -0.25) is 0 Å². The summed E-state index contributed by atoms with van der Waals surface area (Å²) in [7, 11) is 1.79. The lowest BCUT2D eigenvalue weighted by Crippen LogP contribution is -2.61. The molecule has 106 valence electrons. The molecular formula is C14H27NO2S. The maximum absolute atomic E-state index is 6.22. The summed E-state index contributed by atoms with van der Waals surface area (Å²) in [6, 6.07) is 0.476. The minimum Gasteiger partial charge on any atom is -0.384 e. The number of hydrogen-bond acceptors (Lipinski definition) is 4. The number of rotatable bonds is 4. The third kappa shape index (κ3) is 3.41. The Balaban J connectivity index is 2.03. The molecule has 0 bridgehead atoms. The molecule has 2 fully saturated rings. The molecule has 0 radical (unpaired) electrons. The number of hydrogen-bond donors (Lipinski definition) is 1. The summed E-state index contributed by atoms with van der Waals surface area (Å²) in [5.41, 5.74) is 0.286. The SMILES string of the molecule is COCC(C)(C)CC1NCCOC12CCCSC2. The second-order valence-electron chi connectivity index (χ2n) is 6.38. The molecule has 0 amide bonds. The van der Waals surface area contributed by atoms with Gasteiger partial charge >= 0.3 is 0 Å². The minimum absolute atomic E-state index is 0.0756. The minimum atomic E-state index is 0.0756. The number of ether oxygens (including phenoxy) is 2. The van der Waals surface area contributed by atoms with Crippen LogP contribution in [0.1, 0.15) is 33.1 Å². The van der Waals surface area contributed by atoms with Crippen LogP contribution in [-0.2, 0) is 9.47 Å². The van der Waals surface area contributed by atoms with Crippen molar-refractivity contribution >= 4 is 11.8 Å². The van der Waals surface area contributed by atoms with Gasteiger partial charge in [0, 0.05) is 25.4 Å². The molecule has 1 spiro atoms. The lowest BCUT2D eigenvalue weighted by Gasteiger charge is -2.48. The maximum atomic E-state index is 6.22. The first kappa shape index (κ1) is 14.6. The van der Waals surface area contributed by atoms with Gasteiger partial charge in [0.05, 0.1) is 18.8 Å². The Hall–Kier alpha value is 0.230. The molecule has 0 aromatic heterocycles. The molecule has 2 atom stereocenters. The van der Waals surface area contributed by atoms with E-state index in [1.165, 1.54) is 18.6 Å². The van der Waals surface area contributed by atoms with Gasteiger partial charge in [0.25, 0.3) is 0 Å². The van der Waals surface area contributed by atoms with Crippen LogP contribution in [0.2, 0.25) is 0 Å². The highest BCUT2D eigenvalue weighted by Gasteiger charge is 2.45. The Morgan fingerprint density at radius 1 is 1.50 bits per heavy atom. The first-order valence-corrected chi connectivity index (χ1v) is 8.18. The van der Waals surface area contributed by atoms with Gasteiger partial charge in [-0.25, -0.2) is 0 Å². The summed E-state index contributed by atoms with van der Waals surface area (Å²) in [4.78, 5) is 0. The predicted octanol–water partition coefficient (Wildman–Crippen LogP) is 2.30. The van der Waals surface area contributed by atoms with Gasteiger partial charge in [-0.1, -0.05) is 13.8 Å². The highest BCUT2D eigenvalue weighted by molar-refractivity contribution is 7.99. The molecule has 2 rings (SSSR count). The molecule has 3 nitrogen and oxygen atoms in total. The van der Waals surface area contributed by atoms with Gasteiger partial charge < -0.3 is 14.8 Å². The van der Waals surface area contributed by atoms with E-state index in [0.717, 1.165) is 31.9 Å². The summed E-state index contributed by atoms with van der Waals surface area (Å²) in [5, 5.41) is 3.70. The number of nitrogens with one attached hydrogen (secondary N) is 1. The largest absolute Gasteiger partial charge is 0.384 e. The van der Waals surface area contributed by atoms with E-state index in [9.17, 15) is 0 Å². The number of morpholine rings is 1. The van der Waals surface area contributed by atoms with Crippen molar-refractivity contribution in [3.8, 4) is 0 Å². The fourth-order valence-electron chi connectivity index (χ4n) is 3.21. The average Bonchev–Trinajstić information content (AvgIpc) is 2.33. The molecule has 1 N–H and O–H groups in total. The van der Waals surface area contributed by atoms with Crippen molar-refractivity contribution in [2.45, 2.75) is 44.8 Å². The number of thioether (sulfide) groups is 1. The van der Waals surface area contributed by atoms with E-state index in [4.69, 9.17) is 9.47 Å². The third-order valence-corrected chi connectivity index (χ3v) is 5.31. The fraction of sp³-hybridized carbons (Fsp3) is 1.00. The van der Waals surface area contributed by atoms with Crippen LogP contribution < -0.4 is 5.32 Å². The fourth-order valence-corrected chi connectivity index (χ4v) is 4.48. The average molecular weight is 273 g/mol. The van der Waals surface area contributed by atoms with Gasteiger partial charge in [0.2, 0.25) is 0 Å². The zero-order valence-corrected chi connectivity index (χ0v) is 12.8. The van der Waals surface area contributed by atoms with Crippen LogP contribution in [0.5, 0.6) is 0 Å². The maximum Gasteiger partial charge on any atom is 0.0925 e. The summed E-state index contributed by atoms with van der Waals surface area (Å²) >= 11 is 2.05. The Morgan fingerprint density at radius 3 is 3.00 bits per heavy atom. The molecule has 2 aliphatic rings. The summed E-state index contributed by atoms with van der Waals surface area (Å²) in [5.74, 6) is 2.44. The van der Waals surface area contributed by atoms with E-state index in [2.05, 4.69) is 19.2 Å². The van der Waals surface area contributed by atoms with Gasteiger partial charge in [-0.05, 0) is 30.4 Å². The van der Waals surface area contributed by atoms with Crippen LogP contribution in [0.4, 0.5) is 0 Å². The lowest BCUT2D eigenvalue weighted by molar-refractivity contribution is -0.0987. The van der Waals surface area contributed by atoms with Gasteiger partial charge in [0.1, 0.15) is 0 Å². The summed E-state index contributed by atoms with van der Waals surface area (Å²) < 4.78 is 11.6. The van der Waals surface area contributed by atoms with Crippen molar-refractivity contribution in [3.63, 3.8) is 0 Å². The first-order valence-electron chi connectivity index (χ1n) is 7.02.